The van der Waals surface area contributed by atoms with Crippen LogP contribution >= 0.6 is 0 Å². The van der Waals surface area contributed by atoms with Gasteiger partial charge in [0.25, 0.3) is 0 Å². The zero-order chi connectivity index (χ0) is 9.84. The van der Waals surface area contributed by atoms with Crippen LogP contribution in [0.4, 0.5) is 19.3 Å². The van der Waals surface area contributed by atoms with Crippen molar-refractivity contribution < 1.29 is 18.7 Å². The molecule has 13 heavy (non-hydrogen) atoms. The van der Waals surface area contributed by atoms with Gasteiger partial charge in [-0.2, -0.15) is 0 Å². The Bertz CT molecular complexity index is 330. The molecule has 1 rings (SSSR count). The number of amides is 1. The molecule has 0 bridgehead atoms. The number of benzene rings is 1. The molecule has 0 radical (unpaired) electrons. The summed E-state index contributed by atoms with van der Waals surface area (Å²) in [6.07, 6.45) is -1.39. The van der Waals surface area contributed by atoms with E-state index in [1.54, 1.807) is 5.43 Å². The van der Waals surface area contributed by atoms with E-state index in [1.165, 1.54) is 0 Å². The third-order valence-corrected chi connectivity index (χ3v) is 1.23. The van der Waals surface area contributed by atoms with Gasteiger partial charge in [-0.1, -0.05) is 0 Å². The second-order valence-corrected chi connectivity index (χ2v) is 2.18. The van der Waals surface area contributed by atoms with Gasteiger partial charge in [0, 0.05) is 6.07 Å². The second-order valence-electron chi connectivity index (χ2n) is 2.18. The molecule has 0 unspecified atom stereocenters. The zero-order valence-electron chi connectivity index (χ0n) is 6.34. The third kappa shape index (κ3) is 2.58. The zero-order valence-corrected chi connectivity index (χ0v) is 6.34. The first-order valence-electron chi connectivity index (χ1n) is 3.29. The molecule has 0 aliphatic rings. The summed E-state index contributed by atoms with van der Waals surface area (Å²) in [5, 5.41) is 8.15. The Balaban J connectivity index is 2.75. The molecule has 0 saturated heterocycles. The van der Waals surface area contributed by atoms with Crippen molar-refractivity contribution in [3.05, 3.63) is 29.8 Å². The number of hydrogen-bond donors (Lipinski definition) is 3. The number of hydrogen-bond acceptors (Lipinski definition) is 2. The number of halogens is 2. The van der Waals surface area contributed by atoms with E-state index < -0.39 is 17.7 Å². The lowest BCUT2D eigenvalue weighted by molar-refractivity contribution is 0.197. The molecule has 1 amide bonds. The maximum absolute atomic E-state index is 12.8. The normalized spacial score (nSPS) is 9.38. The summed E-state index contributed by atoms with van der Waals surface area (Å²) in [6, 6.07) is 2.66. The topological polar surface area (TPSA) is 61.4 Å². The first-order chi connectivity index (χ1) is 6.09. The Hall–Kier alpha value is -1.85. The minimum atomic E-state index is -1.39. The summed E-state index contributed by atoms with van der Waals surface area (Å²) in [7, 11) is 0. The Kier molecular flexibility index (Phi) is 2.63. The lowest BCUT2D eigenvalue weighted by Gasteiger charge is -2.05. The van der Waals surface area contributed by atoms with Crippen LogP contribution in [-0.4, -0.2) is 11.2 Å². The molecular formula is C7H6F2N2O2. The van der Waals surface area contributed by atoms with Crippen LogP contribution in [0.5, 0.6) is 0 Å². The van der Waals surface area contributed by atoms with Crippen molar-refractivity contribution in [3.63, 3.8) is 0 Å². The van der Waals surface area contributed by atoms with Crippen LogP contribution in [0.3, 0.4) is 0 Å². The summed E-state index contributed by atoms with van der Waals surface area (Å²) < 4.78 is 25.2. The van der Waals surface area contributed by atoms with Gasteiger partial charge in [-0.3, -0.25) is 5.43 Å². The Labute approximate surface area is 72.2 Å². The van der Waals surface area contributed by atoms with Crippen molar-refractivity contribution in [2.45, 2.75) is 0 Å². The van der Waals surface area contributed by atoms with Crippen molar-refractivity contribution in [2.75, 3.05) is 5.43 Å². The summed E-state index contributed by atoms with van der Waals surface area (Å²) in [5.74, 6) is -1.40. The average Bonchev–Trinajstić information content (AvgIpc) is 2.06. The fourth-order valence-corrected chi connectivity index (χ4v) is 0.714. The molecule has 6 heteroatoms. The predicted octanol–water partition coefficient (Wildman–Crippen LogP) is 1.56. The van der Waals surface area contributed by atoms with E-state index >= 15 is 0 Å². The first-order valence-corrected chi connectivity index (χ1v) is 3.29. The van der Waals surface area contributed by atoms with Crippen LogP contribution in [0.1, 0.15) is 0 Å². The number of hydrazine groups is 1. The third-order valence-electron chi connectivity index (χ3n) is 1.23. The van der Waals surface area contributed by atoms with Gasteiger partial charge in [-0.25, -0.2) is 19.0 Å². The number of nitrogens with one attached hydrogen (secondary N) is 2. The smallest absolute Gasteiger partial charge is 0.423 e. The van der Waals surface area contributed by atoms with Crippen LogP contribution in [0.15, 0.2) is 18.2 Å². The standard InChI is InChI=1S/C7H6F2N2O2/c8-4-1-2-5(9)6(3-4)10-11-7(12)13/h1-3,10-11H,(H,12,13). The molecule has 0 atom stereocenters. The van der Waals surface area contributed by atoms with Gasteiger partial charge in [-0.15, -0.1) is 0 Å². The molecule has 70 valence electrons. The maximum atomic E-state index is 12.8. The van der Waals surface area contributed by atoms with Crippen molar-refractivity contribution >= 4 is 11.8 Å². The molecule has 1 aromatic carbocycles. The van der Waals surface area contributed by atoms with E-state index in [0.29, 0.717) is 0 Å². The van der Waals surface area contributed by atoms with E-state index in [-0.39, 0.29) is 5.69 Å². The van der Waals surface area contributed by atoms with Gasteiger partial charge in [0.1, 0.15) is 11.6 Å². The molecule has 1 aromatic rings. The van der Waals surface area contributed by atoms with Crippen molar-refractivity contribution in [3.8, 4) is 0 Å². The minimum Gasteiger partial charge on any atom is -0.464 e. The predicted molar refractivity (Wildman–Crippen MR) is 41.1 cm³/mol. The van der Waals surface area contributed by atoms with E-state index in [9.17, 15) is 13.6 Å². The van der Waals surface area contributed by atoms with Gasteiger partial charge in [-0.05, 0) is 12.1 Å². The van der Waals surface area contributed by atoms with Gasteiger partial charge in [0.15, 0.2) is 0 Å². The average molecular weight is 188 g/mol. The van der Waals surface area contributed by atoms with Gasteiger partial charge in [0.05, 0.1) is 5.69 Å². The SMILES string of the molecule is O=C(O)NNc1cc(F)ccc1F. The van der Waals surface area contributed by atoms with E-state index in [4.69, 9.17) is 5.11 Å². The molecule has 0 aliphatic carbocycles. The second kappa shape index (κ2) is 3.70. The van der Waals surface area contributed by atoms with E-state index in [2.05, 4.69) is 0 Å². The van der Waals surface area contributed by atoms with Crippen molar-refractivity contribution in [2.24, 2.45) is 0 Å². The van der Waals surface area contributed by atoms with Crippen LogP contribution in [0.25, 0.3) is 0 Å². The number of anilines is 1. The highest BCUT2D eigenvalue weighted by Gasteiger charge is 2.03. The van der Waals surface area contributed by atoms with Gasteiger partial charge < -0.3 is 5.11 Å². The molecule has 0 spiro atoms. The fourth-order valence-electron chi connectivity index (χ4n) is 0.714. The molecule has 0 saturated carbocycles. The van der Waals surface area contributed by atoms with Crippen LogP contribution < -0.4 is 10.9 Å². The monoisotopic (exact) mass is 188 g/mol. The Morgan fingerprint density at radius 3 is 2.69 bits per heavy atom. The number of carboxylic acid groups (broad SMARTS) is 1. The highest BCUT2D eigenvalue weighted by molar-refractivity contribution is 5.66. The Morgan fingerprint density at radius 1 is 1.38 bits per heavy atom. The summed E-state index contributed by atoms with van der Waals surface area (Å²) in [6.45, 7) is 0. The molecular weight excluding hydrogens is 182 g/mol. The first kappa shape index (κ1) is 9.24. The summed E-state index contributed by atoms with van der Waals surface area (Å²) in [5.41, 5.74) is 3.42. The molecule has 4 nitrogen and oxygen atoms in total. The molecule has 0 heterocycles. The quantitative estimate of drug-likeness (QED) is 0.617. The number of rotatable bonds is 2. The fraction of sp³-hybridized carbons (Fsp3) is 0. The molecule has 0 aliphatic heterocycles. The highest BCUT2D eigenvalue weighted by atomic mass is 19.1. The van der Waals surface area contributed by atoms with E-state index in [1.807, 2.05) is 5.43 Å². The lowest BCUT2D eigenvalue weighted by atomic mass is 10.3. The summed E-state index contributed by atoms with van der Waals surface area (Å²) in [4.78, 5) is 9.98. The number of carbonyl (C=O) groups is 1. The van der Waals surface area contributed by atoms with Crippen LogP contribution in [-0.2, 0) is 0 Å². The lowest BCUT2D eigenvalue weighted by Crippen LogP contribution is -2.27. The Morgan fingerprint density at radius 2 is 2.08 bits per heavy atom. The van der Waals surface area contributed by atoms with Crippen molar-refractivity contribution in [1.29, 1.82) is 0 Å². The molecule has 3 N–H and O–H groups in total. The highest BCUT2D eigenvalue weighted by Crippen LogP contribution is 2.13. The summed E-state index contributed by atoms with van der Waals surface area (Å²) >= 11 is 0. The van der Waals surface area contributed by atoms with Crippen molar-refractivity contribution in [1.82, 2.24) is 5.43 Å². The molecule has 0 fully saturated rings. The molecule has 0 aromatic heterocycles. The maximum Gasteiger partial charge on any atom is 0.423 e. The van der Waals surface area contributed by atoms with Gasteiger partial charge >= 0.3 is 6.09 Å². The largest absolute Gasteiger partial charge is 0.464 e. The van der Waals surface area contributed by atoms with Crippen LogP contribution in [0, 0.1) is 11.6 Å². The van der Waals surface area contributed by atoms with E-state index in [0.717, 1.165) is 18.2 Å². The van der Waals surface area contributed by atoms with Gasteiger partial charge in [0.2, 0.25) is 0 Å². The van der Waals surface area contributed by atoms with Crippen LogP contribution in [0.2, 0.25) is 0 Å². The minimum absolute atomic E-state index is 0.262.